The maximum Gasteiger partial charge on any atom is 0.243 e. The summed E-state index contributed by atoms with van der Waals surface area (Å²) >= 11 is 5.79. The zero-order valence-corrected chi connectivity index (χ0v) is 13.7. The number of likely N-dealkylation sites (N-methyl/N-ethyl adjacent to an activating group) is 1. The largest absolute Gasteiger partial charge is 0.325 e. The van der Waals surface area contributed by atoms with Crippen molar-refractivity contribution in [3.63, 3.8) is 0 Å². The Hall–Kier alpha value is -1.96. The van der Waals surface area contributed by atoms with Crippen molar-refractivity contribution in [3.8, 4) is 0 Å². The molecule has 0 bridgehead atoms. The summed E-state index contributed by atoms with van der Waals surface area (Å²) in [7, 11) is -2.56. The second-order valence-corrected chi connectivity index (χ2v) is 7.26. The maximum atomic E-state index is 13.1. The number of carbonyl (C=O) groups excluding carboxylic acids is 1. The third kappa shape index (κ3) is 4.51. The van der Waals surface area contributed by atoms with Gasteiger partial charge in [0.25, 0.3) is 0 Å². The number of anilines is 1. The van der Waals surface area contributed by atoms with Gasteiger partial charge in [-0.1, -0.05) is 23.7 Å². The summed E-state index contributed by atoms with van der Waals surface area (Å²) in [5.41, 5.74) is 0.253. The Morgan fingerprint density at radius 3 is 2.57 bits per heavy atom. The number of nitrogens with one attached hydrogen (secondary N) is 1. The third-order valence-corrected chi connectivity index (χ3v) is 5.01. The molecule has 0 saturated heterocycles. The second-order valence-electron chi connectivity index (χ2n) is 4.78. The first-order valence-electron chi connectivity index (χ1n) is 6.56. The fraction of sp³-hybridized carbons (Fsp3) is 0.133. The highest BCUT2D eigenvalue weighted by Gasteiger charge is 2.23. The Balaban J connectivity index is 2.08. The van der Waals surface area contributed by atoms with Crippen molar-refractivity contribution in [1.29, 1.82) is 0 Å². The first-order valence-corrected chi connectivity index (χ1v) is 8.38. The van der Waals surface area contributed by atoms with Crippen LogP contribution in [0.1, 0.15) is 0 Å². The van der Waals surface area contributed by atoms with Gasteiger partial charge in [-0.3, -0.25) is 4.79 Å². The number of carbonyl (C=O) groups is 1. The van der Waals surface area contributed by atoms with Crippen LogP contribution >= 0.6 is 11.6 Å². The molecule has 0 aliphatic heterocycles. The van der Waals surface area contributed by atoms with Crippen LogP contribution < -0.4 is 5.32 Å². The van der Waals surface area contributed by atoms with Crippen molar-refractivity contribution in [1.82, 2.24) is 4.31 Å². The molecule has 0 saturated carbocycles. The molecule has 2 aromatic carbocycles. The number of benzene rings is 2. The van der Waals surface area contributed by atoms with Crippen LogP contribution in [-0.4, -0.2) is 32.2 Å². The SMILES string of the molecule is CN(CC(=O)Nc1cccc(F)c1)S(=O)(=O)c1cccc(Cl)c1. The normalized spacial score (nSPS) is 11.5. The maximum absolute atomic E-state index is 13.1. The van der Waals surface area contributed by atoms with Crippen LogP contribution in [0.3, 0.4) is 0 Å². The summed E-state index contributed by atoms with van der Waals surface area (Å²) in [6.45, 7) is -0.411. The van der Waals surface area contributed by atoms with Crippen LogP contribution in [0, 0.1) is 5.82 Å². The minimum atomic E-state index is -3.84. The van der Waals surface area contributed by atoms with Gasteiger partial charge in [-0.2, -0.15) is 4.31 Å². The van der Waals surface area contributed by atoms with Crippen LogP contribution in [0.4, 0.5) is 10.1 Å². The fourth-order valence-corrected chi connectivity index (χ4v) is 3.29. The third-order valence-electron chi connectivity index (χ3n) is 2.98. The molecule has 0 aliphatic carbocycles. The van der Waals surface area contributed by atoms with E-state index < -0.39 is 28.3 Å². The number of hydrogen-bond donors (Lipinski definition) is 1. The van der Waals surface area contributed by atoms with Crippen molar-refractivity contribution >= 4 is 33.2 Å². The summed E-state index contributed by atoms with van der Waals surface area (Å²) in [4.78, 5) is 11.9. The highest BCUT2D eigenvalue weighted by molar-refractivity contribution is 7.89. The Kier molecular flexibility index (Phi) is 5.35. The smallest absolute Gasteiger partial charge is 0.243 e. The van der Waals surface area contributed by atoms with E-state index in [9.17, 15) is 17.6 Å². The molecule has 0 atom stereocenters. The van der Waals surface area contributed by atoms with E-state index in [0.717, 1.165) is 10.4 Å². The quantitative estimate of drug-likeness (QED) is 0.895. The lowest BCUT2D eigenvalue weighted by Gasteiger charge is -2.17. The summed E-state index contributed by atoms with van der Waals surface area (Å²) in [6.07, 6.45) is 0. The average Bonchev–Trinajstić information content (AvgIpc) is 2.47. The van der Waals surface area contributed by atoms with E-state index in [4.69, 9.17) is 11.6 Å². The molecule has 0 aliphatic rings. The number of halogens is 2. The number of amides is 1. The van der Waals surface area contributed by atoms with Gasteiger partial charge in [-0.15, -0.1) is 0 Å². The van der Waals surface area contributed by atoms with Gasteiger partial charge < -0.3 is 5.32 Å². The molecule has 0 spiro atoms. The molecular formula is C15H14ClFN2O3S. The van der Waals surface area contributed by atoms with E-state index in [2.05, 4.69) is 5.32 Å². The highest BCUT2D eigenvalue weighted by Crippen LogP contribution is 2.18. The molecular weight excluding hydrogens is 343 g/mol. The first-order chi connectivity index (χ1) is 10.8. The molecule has 1 amide bonds. The van der Waals surface area contributed by atoms with Crippen molar-refractivity contribution < 1.29 is 17.6 Å². The number of hydrogen-bond acceptors (Lipinski definition) is 3. The van der Waals surface area contributed by atoms with Crippen molar-refractivity contribution in [3.05, 3.63) is 59.4 Å². The van der Waals surface area contributed by atoms with Crippen LogP contribution in [-0.2, 0) is 14.8 Å². The van der Waals surface area contributed by atoms with Crippen molar-refractivity contribution in [2.24, 2.45) is 0 Å². The summed E-state index contributed by atoms with van der Waals surface area (Å²) in [5.74, 6) is -1.08. The Labute approximate surface area is 138 Å². The zero-order valence-electron chi connectivity index (χ0n) is 12.2. The minimum absolute atomic E-state index is 0.00828. The van der Waals surface area contributed by atoms with E-state index in [1.807, 2.05) is 0 Å². The molecule has 1 N–H and O–H groups in total. The molecule has 23 heavy (non-hydrogen) atoms. The summed E-state index contributed by atoms with van der Waals surface area (Å²) in [5, 5.41) is 2.72. The van der Waals surface area contributed by atoms with E-state index in [0.29, 0.717) is 0 Å². The molecule has 0 aromatic heterocycles. The topological polar surface area (TPSA) is 66.5 Å². The van der Waals surface area contributed by atoms with Gasteiger partial charge in [0.1, 0.15) is 5.82 Å². The predicted octanol–water partition coefficient (Wildman–Crippen LogP) is 2.74. The lowest BCUT2D eigenvalue weighted by molar-refractivity contribution is -0.116. The molecule has 122 valence electrons. The van der Waals surface area contributed by atoms with Crippen LogP contribution in [0.15, 0.2) is 53.4 Å². The molecule has 0 unspecified atom stereocenters. The van der Waals surface area contributed by atoms with E-state index in [1.54, 1.807) is 6.07 Å². The van der Waals surface area contributed by atoms with Crippen molar-refractivity contribution in [2.45, 2.75) is 4.90 Å². The van der Waals surface area contributed by atoms with Crippen LogP contribution in [0.25, 0.3) is 0 Å². The van der Waals surface area contributed by atoms with Crippen molar-refractivity contribution in [2.75, 3.05) is 18.9 Å². The second kappa shape index (κ2) is 7.08. The Morgan fingerprint density at radius 1 is 1.22 bits per heavy atom. The lowest BCUT2D eigenvalue weighted by atomic mass is 10.3. The summed E-state index contributed by atoms with van der Waals surface area (Å²) in [6, 6.07) is 11.1. The van der Waals surface area contributed by atoms with Gasteiger partial charge >= 0.3 is 0 Å². The Bertz CT molecular complexity index is 827. The first kappa shape index (κ1) is 17.4. The van der Waals surface area contributed by atoms with Gasteiger partial charge in [0.05, 0.1) is 11.4 Å². The molecule has 0 fully saturated rings. The van der Waals surface area contributed by atoms with E-state index in [-0.39, 0.29) is 15.6 Å². The van der Waals surface area contributed by atoms with E-state index in [1.165, 1.54) is 43.4 Å². The highest BCUT2D eigenvalue weighted by atomic mass is 35.5. The monoisotopic (exact) mass is 356 g/mol. The molecule has 0 heterocycles. The predicted molar refractivity (Wildman–Crippen MR) is 86.3 cm³/mol. The average molecular weight is 357 g/mol. The van der Waals surface area contributed by atoms with E-state index >= 15 is 0 Å². The molecule has 2 aromatic rings. The standard InChI is InChI=1S/C15H14ClFN2O3S/c1-19(23(21,22)14-7-2-4-11(16)8-14)10-15(20)18-13-6-3-5-12(17)9-13/h2-9H,10H2,1H3,(H,18,20). The lowest BCUT2D eigenvalue weighted by Crippen LogP contribution is -2.35. The van der Waals surface area contributed by atoms with Gasteiger partial charge in [0, 0.05) is 17.8 Å². The molecule has 2 rings (SSSR count). The molecule has 0 radical (unpaired) electrons. The van der Waals surface area contributed by atoms with Gasteiger partial charge in [0.2, 0.25) is 15.9 Å². The zero-order chi connectivity index (χ0) is 17.0. The van der Waals surface area contributed by atoms with Gasteiger partial charge in [-0.05, 0) is 36.4 Å². The number of sulfonamides is 1. The number of rotatable bonds is 5. The molecule has 8 heteroatoms. The minimum Gasteiger partial charge on any atom is -0.325 e. The number of nitrogens with zero attached hydrogens (tertiary/aromatic N) is 1. The fourth-order valence-electron chi connectivity index (χ4n) is 1.86. The Morgan fingerprint density at radius 2 is 1.91 bits per heavy atom. The van der Waals surface area contributed by atoms with Gasteiger partial charge in [-0.25, -0.2) is 12.8 Å². The summed E-state index contributed by atoms with van der Waals surface area (Å²) < 4.78 is 38.7. The molecule has 5 nitrogen and oxygen atoms in total. The van der Waals surface area contributed by atoms with Crippen LogP contribution in [0.2, 0.25) is 5.02 Å². The van der Waals surface area contributed by atoms with Crippen LogP contribution in [0.5, 0.6) is 0 Å². The van der Waals surface area contributed by atoms with Gasteiger partial charge in [0.15, 0.2) is 0 Å².